The van der Waals surface area contributed by atoms with Crippen molar-refractivity contribution in [1.29, 1.82) is 0 Å². The zero-order valence-electron chi connectivity index (χ0n) is 11.5. The van der Waals surface area contributed by atoms with Crippen LogP contribution < -0.4 is 4.74 Å². The van der Waals surface area contributed by atoms with Gasteiger partial charge in [-0.3, -0.25) is 0 Å². The highest BCUT2D eigenvalue weighted by atomic mass is 16.6. The van der Waals surface area contributed by atoms with Crippen LogP contribution in [0.1, 0.15) is 17.3 Å². The average Bonchev–Trinajstić information content (AvgIpc) is 2.49. The highest BCUT2D eigenvalue weighted by Crippen LogP contribution is 2.25. The first-order valence-electron chi connectivity index (χ1n) is 6.47. The van der Waals surface area contributed by atoms with Crippen LogP contribution in [0.4, 0.5) is 0 Å². The number of hydrogen-bond donors (Lipinski definition) is 2. The Labute approximate surface area is 122 Å². The second-order valence-corrected chi connectivity index (χ2v) is 4.54. The third-order valence-corrected chi connectivity index (χ3v) is 2.75. The summed E-state index contributed by atoms with van der Waals surface area (Å²) in [6.45, 7) is 1.93. The number of rotatable bonds is 5. The van der Waals surface area contributed by atoms with Crippen molar-refractivity contribution >= 4 is 5.97 Å². The van der Waals surface area contributed by atoms with Gasteiger partial charge in [0.1, 0.15) is 18.5 Å². The van der Waals surface area contributed by atoms with Crippen LogP contribution in [0, 0.1) is 0 Å². The van der Waals surface area contributed by atoms with Crippen LogP contribution in [0.15, 0.2) is 48.5 Å². The van der Waals surface area contributed by atoms with E-state index in [0.29, 0.717) is 5.75 Å². The number of benzene rings is 2. The van der Waals surface area contributed by atoms with Crippen LogP contribution in [0.3, 0.4) is 0 Å². The van der Waals surface area contributed by atoms with E-state index >= 15 is 0 Å². The summed E-state index contributed by atoms with van der Waals surface area (Å²) < 4.78 is 10.7. The summed E-state index contributed by atoms with van der Waals surface area (Å²) in [4.78, 5) is 11.9. The van der Waals surface area contributed by atoms with Gasteiger partial charge in [0.15, 0.2) is 11.5 Å². The van der Waals surface area contributed by atoms with Gasteiger partial charge in [0.05, 0.1) is 5.56 Å². The molecule has 1 atom stereocenters. The first-order valence-corrected chi connectivity index (χ1v) is 6.47. The monoisotopic (exact) mass is 288 g/mol. The lowest BCUT2D eigenvalue weighted by molar-refractivity contribution is 0.0228. The molecule has 0 aromatic heterocycles. The molecule has 0 aliphatic carbocycles. The Morgan fingerprint density at radius 2 is 1.81 bits per heavy atom. The molecular weight excluding hydrogens is 272 g/mol. The zero-order chi connectivity index (χ0) is 15.2. The van der Waals surface area contributed by atoms with Crippen molar-refractivity contribution in [3.63, 3.8) is 0 Å². The fraction of sp³-hybridized carbons (Fsp3) is 0.188. The summed E-state index contributed by atoms with van der Waals surface area (Å²) in [6, 6.07) is 13.0. The number of phenolic OH excluding ortho intramolecular Hbond substituents is 2. The van der Waals surface area contributed by atoms with Gasteiger partial charge in [-0.25, -0.2) is 4.79 Å². The minimum atomic E-state index is -0.588. The summed E-state index contributed by atoms with van der Waals surface area (Å²) in [5.41, 5.74) is 0.164. The molecule has 0 aliphatic heterocycles. The van der Waals surface area contributed by atoms with Gasteiger partial charge in [0.2, 0.25) is 0 Å². The van der Waals surface area contributed by atoms with E-state index in [4.69, 9.17) is 9.47 Å². The van der Waals surface area contributed by atoms with Crippen LogP contribution in [-0.2, 0) is 4.74 Å². The first kappa shape index (κ1) is 14.7. The number of aromatic hydroxyl groups is 2. The highest BCUT2D eigenvalue weighted by molar-refractivity contribution is 5.90. The Bertz CT molecular complexity index is 609. The van der Waals surface area contributed by atoms with Gasteiger partial charge < -0.3 is 19.7 Å². The van der Waals surface area contributed by atoms with Crippen molar-refractivity contribution in [3.8, 4) is 17.2 Å². The molecule has 2 N–H and O–H groups in total. The Balaban J connectivity index is 1.88. The Morgan fingerprint density at radius 1 is 1.10 bits per heavy atom. The molecule has 0 heterocycles. The van der Waals surface area contributed by atoms with E-state index in [1.807, 2.05) is 30.3 Å². The minimum absolute atomic E-state index is 0.164. The van der Waals surface area contributed by atoms with Gasteiger partial charge in [-0.15, -0.1) is 0 Å². The average molecular weight is 288 g/mol. The molecule has 2 aromatic rings. The minimum Gasteiger partial charge on any atom is -0.504 e. The zero-order valence-corrected chi connectivity index (χ0v) is 11.5. The van der Waals surface area contributed by atoms with Crippen LogP contribution in [-0.4, -0.2) is 28.9 Å². The third kappa shape index (κ3) is 4.14. The normalized spacial score (nSPS) is 11.7. The highest BCUT2D eigenvalue weighted by Gasteiger charge is 2.14. The van der Waals surface area contributed by atoms with Crippen LogP contribution in [0.2, 0.25) is 0 Å². The van der Waals surface area contributed by atoms with Gasteiger partial charge in [-0.1, -0.05) is 18.2 Å². The molecule has 0 amide bonds. The molecule has 0 spiro atoms. The van der Waals surface area contributed by atoms with Gasteiger partial charge in [0.25, 0.3) is 0 Å². The fourth-order valence-electron chi connectivity index (χ4n) is 1.67. The van der Waals surface area contributed by atoms with Crippen LogP contribution >= 0.6 is 0 Å². The van der Waals surface area contributed by atoms with Gasteiger partial charge in [-0.05, 0) is 37.3 Å². The molecule has 1 unspecified atom stereocenters. The van der Waals surface area contributed by atoms with E-state index < -0.39 is 12.1 Å². The van der Waals surface area contributed by atoms with E-state index in [1.54, 1.807) is 6.92 Å². The van der Waals surface area contributed by atoms with Crippen molar-refractivity contribution < 1.29 is 24.5 Å². The van der Waals surface area contributed by atoms with Crippen LogP contribution in [0.5, 0.6) is 17.2 Å². The second kappa shape index (κ2) is 6.65. The molecule has 2 aromatic carbocycles. The van der Waals surface area contributed by atoms with E-state index in [9.17, 15) is 15.0 Å². The van der Waals surface area contributed by atoms with Crippen molar-refractivity contribution in [2.45, 2.75) is 13.0 Å². The number of ether oxygens (including phenoxy) is 2. The molecule has 0 saturated heterocycles. The molecule has 0 fully saturated rings. The molecule has 21 heavy (non-hydrogen) atoms. The maximum Gasteiger partial charge on any atom is 0.338 e. The Kier molecular flexibility index (Phi) is 4.66. The number of hydrogen-bond acceptors (Lipinski definition) is 5. The Hall–Kier alpha value is -2.69. The van der Waals surface area contributed by atoms with Crippen LogP contribution in [0.25, 0.3) is 0 Å². The maximum absolute atomic E-state index is 11.9. The lowest BCUT2D eigenvalue weighted by Crippen LogP contribution is -2.22. The molecule has 2 rings (SSSR count). The first-order chi connectivity index (χ1) is 10.1. The smallest absolute Gasteiger partial charge is 0.338 e. The van der Waals surface area contributed by atoms with E-state index in [-0.39, 0.29) is 23.7 Å². The molecular formula is C16H16O5. The molecule has 0 aliphatic rings. The third-order valence-electron chi connectivity index (χ3n) is 2.75. The maximum atomic E-state index is 11.9. The van der Waals surface area contributed by atoms with Crippen molar-refractivity contribution in [2.24, 2.45) is 0 Å². The predicted octanol–water partition coefficient (Wildman–Crippen LogP) is 2.72. The molecule has 0 radical (unpaired) electrons. The van der Waals surface area contributed by atoms with E-state index in [1.165, 1.54) is 12.1 Å². The van der Waals surface area contributed by atoms with Crippen molar-refractivity contribution in [2.75, 3.05) is 6.61 Å². The van der Waals surface area contributed by atoms with Crippen molar-refractivity contribution in [3.05, 3.63) is 54.1 Å². The van der Waals surface area contributed by atoms with E-state index in [2.05, 4.69) is 0 Å². The van der Waals surface area contributed by atoms with Gasteiger partial charge >= 0.3 is 5.97 Å². The predicted molar refractivity (Wildman–Crippen MR) is 76.6 cm³/mol. The largest absolute Gasteiger partial charge is 0.504 e. The molecule has 0 saturated carbocycles. The standard InChI is InChI=1S/C16H16O5/c1-11(10-20-13-5-3-2-4-6-13)21-16(19)12-7-8-14(17)15(18)9-12/h2-9,11,17-18H,10H2,1H3. The SMILES string of the molecule is CC(COc1ccccc1)OC(=O)c1ccc(O)c(O)c1. The molecule has 0 bridgehead atoms. The molecule has 110 valence electrons. The second-order valence-electron chi connectivity index (χ2n) is 4.54. The van der Waals surface area contributed by atoms with Gasteiger partial charge in [-0.2, -0.15) is 0 Å². The summed E-state index contributed by atoms with van der Waals surface area (Å²) >= 11 is 0. The van der Waals surface area contributed by atoms with E-state index in [0.717, 1.165) is 6.07 Å². The number of para-hydroxylation sites is 1. The Morgan fingerprint density at radius 3 is 2.48 bits per heavy atom. The quantitative estimate of drug-likeness (QED) is 0.653. The fourth-order valence-corrected chi connectivity index (χ4v) is 1.67. The summed E-state index contributed by atoms with van der Waals surface area (Å²) in [5, 5.41) is 18.5. The lowest BCUT2D eigenvalue weighted by Gasteiger charge is -2.14. The summed E-state index contributed by atoms with van der Waals surface area (Å²) in [5.74, 6) is -0.540. The topological polar surface area (TPSA) is 76.0 Å². The summed E-state index contributed by atoms with van der Waals surface area (Å²) in [6.07, 6.45) is -0.450. The van der Waals surface area contributed by atoms with Crippen molar-refractivity contribution in [1.82, 2.24) is 0 Å². The molecule has 5 nitrogen and oxygen atoms in total. The van der Waals surface area contributed by atoms with Gasteiger partial charge in [0, 0.05) is 0 Å². The number of esters is 1. The summed E-state index contributed by atoms with van der Waals surface area (Å²) in [7, 11) is 0. The molecule has 5 heteroatoms. The number of carbonyl (C=O) groups excluding carboxylic acids is 1. The number of phenols is 2. The lowest BCUT2D eigenvalue weighted by atomic mass is 10.2. The number of carbonyl (C=O) groups is 1.